The summed E-state index contributed by atoms with van der Waals surface area (Å²) in [4.78, 5) is 0. The van der Waals surface area contributed by atoms with E-state index < -0.39 is 0 Å². The summed E-state index contributed by atoms with van der Waals surface area (Å²) < 4.78 is 5.05. The van der Waals surface area contributed by atoms with E-state index in [1.54, 1.807) is 0 Å². The van der Waals surface area contributed by atoms with Crippen molar-refractivity contribution in [3.63, 3.8) is 0 Å². The summed E-state index contributed by atoms with van der Waals surface area (Å²) in [6.07, 6.45) is 0. The number of rotatable bonds is 1. The molecule has 1 aromatic carbocycles. The Morgan fingerprint density at radius 3 is 2.00 bits per heavy atom. The average molecular weight is 335 g/mol. The molecule has 0 atom stereocenters. The number of hydrogen-bond donors (Lipinski definition) is 0. The van der Waals surface area contributed by atoms with E-state index in [0.29, 0.717) is 0 Å². The maximum absolute atomic E-state index is 5.05. The fourth-order valence-electron chi connectivity index (χ4n) is 0.557. The van der Waals surface area contributed by atoms with Gasteiger partial charge in [0, 0.05) is 0 Å². The Labute approximate surface area is 78.1 Å². The molecule has 0 N–H and O–H groups in total. The minimum Gasteiger partial charge on any atom is -0.553 e. The van der Waals surface area contributed by atoms with Crippen LogP contribution in [0.25, 0.3) is 0 Å². The van der Waals surface area contributed by atoms with E-state index in [2.05, 4.69) is 0 Å². The van der Waals surface area contributed by atoms with Gasteiger partial charge >= 0.3 is 27.3 Å². The van der Waals surface area contributed by atoms with E-state index >= 15 is 0 Å². The van der Waals surface area contributed by atoms with Crippen LogP contribution in [0.2, 0.25) is 0 Å². The van der Waals surface area contributed by atoms with Gasteiger partial charge in [0.1, 0.15) is 5.75 Å². The van der Waals surface area contributed by atoms with Gasteiger partial charge in [0.15, 0.2) is 0 Å². The van der Waals surface area contributed by atoms with Crippen molar-refractivity contribution in [2.24, 2.45) is 0 Å². The Morgan fingerprint density at radius 1 is 1.11 bits per heavy atom. The fourth-order valence-corrected chi connectivity index (χ4v) is 0.829. The Morgan fingerprint density at radius 2 is 1.67 bits per heavy atom. The number of hydrogen-bond acceptors (Lipinski definition) is 1. The molecule has 0 heterocycles. The van der Waals surface area contributed by atoms with E-state index in [1.165, 1.54) is 0 Å². The molecule has 0 fully saturated rings. The Hall–Kier alpha value is 0.159. The summed E-state index contributed by atoms with van der Waals surface area (Å²) in [6.45, 7) is 0. The second-order valence-corrected chi connectivity index (χ2v) is 1.93. The van der Waals surface area contributed by atoms with Crippen molar-refractivity contribution in [3.05, 3.63) is 30.3 Å². The summed E-state index contributed by atoms with van der Waals surface area (Å²) in [5.74, 6) is 0.971. The van der Waals surface area contributed by atoms with Gasteiger partial charge in [-0.2, -0.15) is 0 Å². The molecule has 1 nitrogen and oxygen atoms in total. The fraction of sp³-hybridized carbons (Fsp3) is 0. The molecule has 3 heteroatoms. The molecule has 0 aromatic heterocycles. The molecule has 9 heavy (non-hydrogen) atoms. The summed E-state index contributed by atoms with van der Waals surface area (Å²) in [6, 6.07) is 9.81. The maximum atomic E-state index is 5.05. The van der Waals surface area contributed by atoms with Crippen molar-refractivity contribution >= 4 is 37.8 Å². The van der Waals surface area contributed by atoms with Crippen LogP contribution >= 0.6 is 0 Å². The molecule has 0 radical (unpaired) electrons. The number of para-hydroxylation sites is 1. The van der Waals surface area contributed by atoms with Crippen LogP contribution in [0.3, 0.4) is 0 Å². The van der Waals surface area contributed by atoms with Gasteiger partial charge < -0.3 is 4.43 Å². The van der Waals surface area contributed by atoms with E-state index in [4.69, 9.17) is 4.43 Å². The van der Waals surface area contributed by atoms with Gasteiger partial charge in [-0.05, 0) is 12.1 Å². The van der Waals surface area contributed by atoms with Gasteiger partial charge in [-0.25, -0.2) is 0 Å². The van der Waals surface area contributed by atoms with Gasteiger partial charge in [-0.1, -0.05) is 18.2 Å². The van der Waals surface area contributed by atoms with Gasteiger partial charge in [-0.3, -0.25) is 0 Å². The van der Waals surface area contributed by atoms with Crippen molar-refractivity contribution in [2.45, 2.75) is 0 Å². The van der Waals surface area contributed by atoms with E-state index in [9.17, 15) is 0 Å². The Bertz CT molecular complexity index is 154. The van der Waals surface area contributed by atoms with Crippen LogP contribution in [0.15, 0.2) is 30.3 Å². The molecule has 1 rings (SSSR count). The van der Waals surface area contributed by atoms with Crippen molar-refractivity contribution in [3.8, 4) is 5.75 Å². The minimum absolute atomic E-state index is 0. The third-order valence-corrected chi connectivity index (χ3v) is 1.45. The van der Waals surface area contributed by atoms with Gasteiger partial charge in [0.2, 0.25) is 10.5 Å². The first-order valence-electron chi connectivity index (χ1n) is 2.52. The molecular formula is C6H12OPbSi. The average Bonchev–Trinajstić information content (AvgIpc) is 1.90. The van der Waals surface area contributed by atoms with E-state index in [0.717, 1.165) is 16.2 Å². The molecule has 0 bridgehead atoms. The predicted octanol–water partition coefficient (Wildman–Crippen LogP) is -1.11. The third-order valence-electron chi connectivity index (χ3n) is 0.979. The first kappa shape index (κ1) is 9.16. The molecule has 1 aromatic rings. The van der Waals surface area contributed by atoms with Crippen LogP contribution in [-0.2, 0) is 0 Å². The molecule has 0 saturated carbocycles. The minimum atomic E-state index is 0. The van der Waals surface area contributed by atoms with E-state index in [-0.39, 0.29) is 27.3 Å². The van der Waals surface area contributed by atoms with Crippen LogP contribution < -0.4 is 4.43 Å². The molecule has 0 spiro atoms. The molecule has 0 aliphatic carbocycles. The van der Waals surface area contributed by atoms with Crippen molar-refractivity contribution < 1.29 is 4.43 Å². The molecule has 0 amide bonds. The number of benzene rings is 1. The molecule has 0 unspecified atom stereocenters. The van der Waals surface area contributed by atoms with Gasteiger partial charge in [0.25, 0.3) is 0 Å². The molecule has 0 aliphatic heterocycles. The largest absolute Gasteiger partial charge is 0.553 e. The summed E-state index contributed by atoms with van der Waals surface area (Å²) >= 11 is 0. The zero-order chi connectivity index (χ0) is 5.82. The van der Waals surface area contributed by atoms with Crippen LogP contribution in [0.5, 0.6) is 5.75 Å². The van der Waals surface area contributed by atoms with Crippen LogP contribution in [-0.4, -0.2) is 37.8 Å². The normalized spacial score (nSPS) is 8.00. The van der Waals surface area contributed by atoms with E-state index in [1.807, 2.05) is 30.3 Å². The van der Waals surface area contributed by atoms with Crippen molar-refractivity contribution in [1.82, 2.24) is 0 Å². The second kappa shape index (κ2) is 4.98. The quantitative estimate of drug-likeness (QED) is 0.592. The van der Waals surface area contributed by atoms with Crippen molar-refractivity contribution in [2.75, 3.05) is 0 Å². The van der Waals surface area contributed by atoms with Crippen LogP contribution in [0.4, 0.5) is 0 Å². The maximum Gasteiger partial charge on any atom is 0.204 e. The third kappa shape index (κ3) is 3.00. The van der Waals surface area contributed by atoms with Crippen molar-refractivity contribution in [1.29, 1.82) is 0 Å². The monoisotopic (exact) mass is 336 g/mol. The summed E-state index contributed by atoms with van der Waals surface area (Å²) in [5.41, 5.74) is 0. The Balaban J connectivity index is 0.000000640. The molecular weight excluding hydrogens is 323 g/mol. The van der Waals surface area contributed by atoms with Crippen LogP contribution in [0.1, 0.15) is 0 Å². The first-order valence-corrected chi connectivity index (χ1v) is 3.34. The van der Waals surface area contributed by atoms with Crippen LogP contribution in [0, 0.1) is 0 Å². The molecule has 0 aliphatic rings. The standard InChI is InChI=1S/C6H8OSi.Pb.4H/c8-7-6-4-2-1-3-5-6;;;;;/h1-5H,8H3;;;;;. The predicted molar refractivity (Wildman–Crippen MR) is 48.3 cm³/mol. The SMILES string of the molecule is [PbH4].[SiH3]Oc1ccccc1. The zero-order valence-electron chi connectivity index (χ0n) is 4.79. The Kier molecular flexibility index (Phi) is 5.07. The van der Waals surface area contributed by atoms with Gasteiger partial charge in [0.05, 0.1) is 0 Å². The molecule has 50 valence electrons. The summed E-state index contributed by atoms with van der Waals surface area (Å²) in [7, 11) is 0.777. The summed E-state index contributed by atoms with van der Waals surface area (Å²) in [5, 5.41) is 0. The van der Waals surface area contributed by atoms with Gasteiger partial charge in [-0.15, -0.1) is 0 Å². The second-order valence-electron chi connectivity index (χ2n) is 1.52. The topological polar surface area (TPSA) is 9.23 Å². The zero-order valence-corrected chi connectivity index (χ0v) is 6.79. The smallest absolute Gasteiger partial charge is 0.204 e. The molecule has 0 saturated heterocycles. The first-order chi connectivity index (χ1) is 3.93.